The van der Waals surface area contributed by atoms with Crippen molar-refractivity contribution < 1.29 is 14.1 Å². The van der Waals surface area contributed by atoms with E-state index in [0.717, 1.165) is 25.9 Å². The van der Waals surface area contributed by atoms with Crippen molar-refractivity contribution in [2.24, 2.45) is 0 Å². The first kappa shape index (κ1) is 15.1. The second-order valence-electron chi connectivity index (χ2n) is 5.47. The van der Waals surface area contributed by atoms with Crippen molar-refractivity contribution in [2.45, 2.75) is 18.9 Å². The molecule has 0 bridgehead atoms. The van der Waals surface area contributed by atoms with Gasteiger partial charge in [-0.15, -0.1) is 0 Å². The van der Waals surface area contributed by atoms with E-state index in [0.29, 0.717) is 0 Å². The molecule has 0 radical (unpaired) electrons. The molecule has 120 valence electrons. The van der Waals surface area contributed by atoms with Crippen LogP contribution in [-0.2, 0) is 0 Å². The highest BCUT2D eigenvalue weighted by molar-refractivity contribution is 5.91. The Balaban J connectivity index is 1.54. The van der Waals surface area contributed by atoms with Crippen LogP contribution in [0.2, 0.25) is 0 Å². The van der Waals surface area contributed by atoms with Crippen LogP contribution >= 0.6 is 0 Å². The van der Waals surface area contributed by atoms with E-state index >= 15 is 0 Å². The molecule has 23 heavy (non-hydrogen) atoms. The normalized spacial score (nSPS) is 15.4. The van der Waals surface area contributed by atoms with E-state index < -0.39 is 16.7 Å². The fourth-order valence-electron chi connectivity index (χ4n) is 2.73. The van der Waals surface area contributed by atoms with Gasteiger partial charge in [0.25, 0.3) is 5.91 Å². The largest absolute Gasteiger partial charge is 0.433 e. The van der Waals surface area contributed by atoms with Crippen molar-refractivity contribution in [1.29, 1.82) is 0 Å². The van der Waals surface area contributed by atoms with Crippen molar-refractivity contribution in [2.75, 3.05) is 18.0 Å². The fourth-order valence-corrected chi connectivity index (χ4v) is 2.73. The van der Waals surface area contributed by atoms with E-state index in [1.165, 1.54) is 17.8 Å². The van der Waals surface area contributed by atoms with Crippen molar-refractivity contribution in [3.8, 4) is 0 Å². The molecule has 1 amide bonds. The van der Waals surface area contributed by atoms with E-state index in [1.807, 2.05) is 18.2 Å². The van der Waals surface area contributed by atoms with E-state index in [9.17, 15) is 14.9 Å². The molecule has 1 saturated heterocycles. The van der Waals surface area contributed by atoms with Crippen LogP contribution in [0, 0.1) is 10.1 Å². The minimum Gasteiger partial charge on any atom is -0.395 e. The summed E-state index contributed by atoms with van der Waals surface area (Å²) < 4.78 is 4.92. The molecule has 0 unspecified atom stereocenters. The molecule has 3 rings (SSSR count). The lowest BCUT2D eigenvalue weighted by atomic mass is 10.0. The third kappa shape index (κ3) is 3.50. The van der Waals surface area contributed by atoms with Crippen LogP contribution in [0.25, 0.3) is 0 Å². The predicted octanol–water partition coefficient (Wildman–Crippen LogP) is 2.59. The Hall–Kier alpha value is -2.83. The Kier molecular flexibility index (Phi) is 4.27. The van der Waals surface area contributed by atoms with Gasteiger partial charge in [-0.3, -0.25) is 14.9 Å². The first-order valence-electron chi connectivity index (χ1n) is 7.48. The van der Waals surface area contributed by atoms with Gasteiger partial charge in [0.1, 0.15) is 4.92 Å². The standard InChI is InChI=1S/C16H17N3O4/c20-16(14-6-7-15(23-14)19(21)22)17-12-8-10-18(11-9-12)13-4-2-1-3-5-13/h1-7,12H,8-11H2,(H,17,20). The van der Waals surface area contributed by atoms with Gasteiger partial charge < -0.3 is 14.6 Å². The SMILES string of the molecule is O=C(NC1CCN(c2ccccc2)CC1)c1ccc([N+](=O)[O-])o1. The molecule has 1 aromatic carbocycles. The summed E-state index contributed by atoms with van der Waals surface area (Å²) in [5.41, 5.74) is 1.18. The summed E-state index contributed by atoms with van der Waals surface area (Å²) in [7, 11) is 0. The Bertz CT molecular complexity index is 690. The summed E-state index contributed by atoms with van der Waals surface area (Å²) in [6.45, 7) is 1.71. The number of furan rings is 1. The van der Waals surface area contributed by atoms with Gasteiger partial charge in [-0.25, -0.2) is 0 Å². The second-order valence-corrected chi connectivity index (χ2v) is 5.47. The smallest absolute Gasteiger partial charge is 0.395 e. The molecule has 1 N–H and O–H groups in total. The number of carbonyl (C=O) groups excluding carboxylic acids is 1. The number of amides is 1. The molecule has 1 aliphatic rings. The maximum absolute atomic E-state index is 12.1. The number of nitrogens with zero attached hydrogens (tertiary/aromatic N) is 2. The first-order valence-corrected chi connectivity index (χ1v) is 7.48. The Morgan fingerprint density at radius 1 is 1.17 bits per heavy atom. The lowest BCUT2D eigenvalue weighted by molar-refractivity contribution is -0.402. The van der Waals surface area contributed by atoms with Gasteiger partial charge in [-0.1, -0.05) is 18.2 Å². The zero-order chi connectivity index (χ0) is 16.2. The molecular formula is C16H17N3O4. The summed E-state index contributed by atoms with van der Waals surface area (Å²) in [4.78, 5) is 24.3. The molecule has 7 nitrogen and oxygen atoms in total. The average molecular weight is 315 g/mol. The van der Waals surface area contributed by atoms with E-state index in [4.69, 9.17) is 4.42 Å². The molecule has 2 aromatic rings. The number of hydrogen-bond donors (Lipinski definition) is 1. The van der Waals surface area contributed by atoms with Gasteiger partial charge in [0.2, 0.25) is 0 Å². The van der Waals surface area contributed by atoms with Gasteiger partial charge in [-0.05, 0) is 31.0 Å². The maximum Gasteiger partial charge on any atom is 0.433 e. The average Bonchev–Trinajstić information content (AvgIpc) is 3.07. The van der Waals surface area contributed by atoms with Crippen LogP contribution in [0.15, 0.2) is 46.9 Å². The number of anilines is 1. The molecule has 2 heterocycles. The number of carbonyl (C=O) groups is 1. The molecular weight excluding hydrogens is 298 g/mol. The van der Waals surface area contributed by atoms with E-state index in [-0.39, 0.29) is 11.8 Å². The predicted molar refractivity (Wildman–Crippen MR) is 84.5 cm³/mol. The zero-order valence-corrected chi connectivity index (χ0v) is 12.5. The van der Waals surface area contributed by atoms with E-state index in [1.54, 1.807) is 0 Å². The highest BCUT2D eigenvalue weighted by Gasteiger charge is 2.23. The minimum absolute atomic E-state index is 0.0258. The summed E-state index contributed by atoms with van der Waals surface area (Å²) in [6, 6.07) is 12.7. The summed E-state index contributed by atoms with van der Waals surface area (Å²) in [5, 5.41) is 13.4. The van der Waals surface area contributed by atoms with Gasteiger partial charge in [0.15, 0.2) is 5.76 Å². The fraction of sp³-hybridized carbons (Fsp3) is 0.312. The molecule has 0 saturated carbocycles. The lowest BCUT2D eigenvalue weighted by Crippen LogP contribution is -2.44. The summed E-state index contributed by atoms with van der Waals surface area (Å²) in [6.07, 6.45) is 1.65. The quantitative estimate of drug-likeness (QED) is 0.692. The molecule has 0 spiro atoms. The summed E-state index contributed by atoms with van der Waals surface area (Å²) in [5.74, 6) is -0.854. The van der Waals surface area contributed by atoms with Crippen LogP contribution in [0.1, 0.15) is 23.4 Å². The van der Waals surface area contributed by atoms with Crippen molar-refractivity contribution in [3.63, 3.8) is 0 Å². The zero-order valence-electron chi connectivity index (χ0n) is 12.5. The minimum atomic E-state index is -0.658. The number of nitrogens with one attached hydrogen (secondary N) is 1. The topological polar surface area (TPSA) is 88.6 Å². The molecule has 1 fully saturated rings. The van der Waals surface area contributed by atoms with Crippen LogP contribution < -0.4 is 10.2 Å². The van der Waals surface area contributed by atoms with Crippen molar-refractivity contribution in [1.82, 2.24) is 5.32 Å². The molecule has 7 heteroatoms. The first-order chi connectivity index (χ1) is 11.1. The molecule has 0 atom stereocenters. The molecule has 0 aliphatic carbocycles. The van der Waals surface area contributed by atoms with E-state index in [2.05, 4.69) is 22.3 Å². The van der Waals surface area contributed by atoms with Crippen LogP contribution in [-0.4, -0.2) is 30.0 Å². The number of piperidine rings is 1. The molecule has 1 aromatic heterocycles. The maximum atomic E-state index is 12.1. The monoisotopic (exact) mass is 315 g/mol. The highest BCUT2D eigenvalue weighted by Crippen LogP contribution is 2.20. The number of benzene rings is 1. The Labute approximate surface area is 133 Å². The third-order valence-electron chi connectivity index (χ3n) is 3.95. The van der Waals surface area contributed by atoms with Crippen LogP contribution in [0.5, 0.6) is 0 Å². The van der Waals surface area contributed by atoms with Gasteiger partial charge >= 0.3 is 5.88 Å². The van der Waals surface area contributed by atoms with Crippen LogP contribution in [0.4, 0.5) is 11.6 Å². The number of hydrogen-bond acceptors (Lipinski definition) is 5. The number of rotatable bonds is 4. The van der Waals surface area contributed by atoms with Crippen molar-refractivity contribution in [3.05, 3.63) is 58.3 Å². The Morgan fingerprint density at radius 3 is 2.48 bits per heavy atom. The van der Waals surface area contributed by atoms with Crippen LogP contribution in [0.3, 0.4) is 0 Å². The highest BCUT2D eigenvalue weighted by atomic mass is 16.6. The third-order valence-corrected chi connectivity index (χ3v) is 3.95. The number of nitro groups is 1. The van der Waals surface area contributed by atoms with Gasteiger partial charge in [-0.2, -0.15) is 0 Å². The lowest BCUT2D eigenvalue weighted by Gasteiger charge is -2.33. The Morgan fingerprint density at radius 2 is 1.87 bits per heavy atom. The molecule has 1 aliphatic heterocycles. The second kappa shape index (κ2) is 6.51. The van der Waals surface area contributed by atoms with Gasteiger partial charge in [0, 0.05) is 24.8 Å². The summed E-state index contributed by atoms with van der Waals surface area (Å²) >= 11 is 0. The van der Waals surface area contributed by atoms with Crippen molar-refractivity contribution >= 4 is 17.5 Å². The number of para-hydroxylation sites is 1. The van der Waals surface area contributed by atoms with Gasteiger partial charge in [0.05, 0.1) is 6.07 Å².